The van der Waals surface area contributed by atoms with Crippen LogP contribution in [0.1, 0.15) is 67.2 Å². The molecular formula is C22H34O7. The summed E-state index contributed by atoms with van der Waals surface area (Å²) in [6, 6.07) is 0. The third-order valence-corrected chi connectivity index (χ3v) is 6.89. The molecule has 0 spiro atoms. The van der Waals surface area contributed by atoms with Gasteiger partial charge in [0.15, 0.2) is 5.41 Å². The maximum absolute atomic E-state index is 13.1. The summed E-state index contributed by atoms with van der Waals surface area (Å²) in [7, 11) is 1.49. The van der Waals surface area contributed by atoms with E-state index in [1.54, 1.807) is 0 Å². The van der Waals surface area contributed by atoms with Crippen molar-refractivity contribution in [1.29, 1.82) is 0 Å². The largest absolute Gasteiger partial charge is 0.458 e. The molecule has 0 amide bonds. The molecule has 1 saturated heterocycles. The van der Waals surface area contributed by atoms with Gasteiger partial charge in [0.05, 0.1) is 5.41 Å². The number of carbonyl (C=O) groups is 3. The van der Waals surface area contributed by atoms with Crippen molar-refractivity contribution in [1.82, 2.24) is 0 Å². The molecule has 0 radical (unpaired) electrons. The highest BCUT2D eigenvalue weighted by Gasteiger charge is 2.75. The molecule has 0 aromatic carbocycles. The van der Waals surface area contributed by atoms with Crippen molar-refractivity contribution < 1.29 is 33.3 Å². The molecule has 3 aliphatic rings. The molecule has 0 aromatic rings. The van der Waals surface area contributed by atoms with Crippen LogP contribution < -0.4 is 0 Å². The minimum atomic E-state index is -1.30. The molecule has 164 valence electrons. The van der Waals surface area contributed by atoms with E-state index in [2.05, 4.69) is 0 Å². The van der Waals surface area contributed by atoms with Gasteiger partial charge in [-0.15, -0.1) is 0 Å². The van der Waals surface area contributed by atoms with Crippen LogP contribution in [0.25, 0.3) is 0 Å². The first-order valence-electron chi connectivity index (χ1n) is 10.5. The van der Waals surface area contributed by atoms with Gasteiger partial charge in [0, 0.05) is 25.4 Å². The van der Waals surface area contributed by atoms with E-state index >= 15 is 0 Å². The van der Waals surface area contributed by atoms with Crippen LogP contribution in [0.3, 0.4) is 0 Å². The van der Waals surface area contributed by atoms with Crippen LogP contribution in [-0.4, -0.2) is 43.5 Å². The summed E-state index contributed by atoms with van der Waals surface area (Å²) in [5, 5.41) is 0. The number of hydrogen-bond acceptors (Lipinski definition) is 7. The van der Waals surface area contributed by atoms with Crippen LogP contribution >= 0.6 is 0 Å². The fourth-order valence-corrected chi connectivity index (χ4v) is 4.76. The average Bonchev–Trinajstić information content (AvgIpc) is 3.22. The minimum Gasteiger partial charge on any atom is -0.458 e. The van der Waals surface area contributed by atoms with Crippen LogP contribution in [-0.2, 0) is 33.3 Å². The van der Waals surface area contributed by atoms with E-state index < -0.39 is 41.3 Å². The third kappa shape index (κ3) is 3.66. The lowest BCUT2D eigenvalue weighted by Gasteiger charge is -2.33. The SMILES string of the molecule is CCC(C)(C)C(=O)OC1C2CC3C1OC(=O)C3(C(=O)OC(CC(C)(C)C)OC)C2. The Morgan fingerprint density at radius 2 is 1.90 bits per heavy atom. The molecule has 7 heteroatoms. The van der Waals surface area contributed by atoms with Gasteiger partial charge in [0.2, 0.25) is 6.29 Å². The first kappa shape index (κ1) is 22.1. The van der Waals surface area contributed by atoms with E-state index in [4.69, 9.17) is 18.9 Å². The summed E-state index contributed by atoms with van der Waals surface area (Å²) in [5.74, 6) is -1.82. The van der Waals surface area contributed by atoms with E-state index in [1.807, 2.05) is 41.5 Å². The number of fused-ring (bicyclic) bond motifs is 1. The van der Waals surface area contributed by atoms with Crippen molar-refractivity contribution in [2.45, 2.75) is 85.7 Å². The van der Waals surface area contributed by atoms with Crippen LogP contribution in [0.4, 0.5) is 0 Å². The normalized spacial score (nSPS) is 34.1. The summed E-state index contributed by atoms with van der Waals surface area (Å²) in [4.78, 5) is 38.4. The van der Waals surface area contributed by atoms with Gasteiger partial charge in [-0.25, -0.2) is 0 Å². The summed E-state index contributed by atoms with van der Waals surface area (Å²) in [6.07, 6.45) is 0.299. The lowest BCUT2D eigenvalue weighted by Crippen LogP contribution is -2.47. The fraction of sp³-hybridized carbons (Fsp3) is 0.864. The van der Waals surface area contributed by atoms with Crippen molar-refractivity contribution in [3.63, 3.8) is 0 Å². The molecule has 3 rings (SSSR count). The second kappa shape index (κ2) is 7.25. The van der Waals surface area contributed by atoms with Gasteiger partial charge in [-0.05, 0) is 38.5 Å². The summed E-state index contributed by atoms with van der Waals surface area (Å²) in [5.41, 5.74) is -2.00. The first-order chi connectivity index (χ1) is 13.4. The molecule has 2 aliphatic carbocycles. The van der Waals surface area contributed by atoms with Crippen LogP contribution in [0.2, 0.25) is 0 Å². The molecule has 29 heavy (non-hydrogen) atoms. The van der Waals surface area contributed by atoms with E-state index in [0.29, 0.717) is 25.7 Å². The number of rotatable bonds is 7. The molecule has 0 aromatic heterocycles. The van der Waals surface area contributed by atoms with Gasteiger partial charge >= 0.3 is 17.9 Å². The lowest BCUT2D eigenvalue weighted by molar-refractivity contribution is -0.193. The average molecular weight is 411 g/mol. The van der Waals surface area contributed by atoms with Crippen LogP contribution in [0.5, 0.6) is 0 Å². The van der Waals surface area contributed by atoms with Gasteiger partial charge in [0.25, 0.3) is 0 Å². The van der Waals surface area contributed by atoms with E-state index in [1.165, 1.54) is 7.11 Å². The summed E-state index contributed by atoms with van der Waals surface area (Å²) >= 11 is 0. The standard InChI is InChI=1S/C22H34O7/c1-8-21(5,6)17(23)28-15-12-9-13-16(15)29-19(25)22(13,10-12)18(24)27-14(26-7)11-20(2,3)4/h12-16H,8-11H2,1-7H3. The van der Waals surface area contributed by atoms with Gasteiger partial charge < -0.3 is 18.9 Å². The van der Waals surface area contributed by atoms with Gasteiger partial charge in [0.1, 0.15) is 12.2 Å². The Hall–Kier alpha value is -1.63. The number of ether oxygens (including phenoxy) is 4. The number of hydrogen-bond donors (Lipinski definition) is 0. The Labute approximate surface area is 172 Å². The molecule has 1 heterocycles. The number of esters is 3. The predicted molar refractivity (Wildman–Crippen MR) is 103 cm³/mol. The van der Waals surface area contributed by atoms with Crippen molar-refractivity contribution in [3.05, 3.63) is 0 Å². The topological polar surface area (TPSA) is 88.1 Å². The third-order valence-electron chi connectivity index (χ3n) is 6.89. The highest BCUT2D eigenvalue weighted by atomic mass is 16.7. The molecule has 6 atom stereocenters. The van der Waals surface area contributed by atoms with Crippen LogP contribution in [0, 0.1) is 28.1 Å². The highest BCUT2D eigenvalue weighted by Crippen LogP contribution is 2.63. The summed E-state index contributed by atoms with van der Waals surface area (Å²) in [6.45, 7) is 11.7. The molecule has 2 saturated carbocycles. The fourth-order valence-electron chi connectivity index (χ4n) is 4.76. The number of carbonyl (C=O) groups excluding carboxylic acids is 3. The monoisotopic (exact) mass is 410 g/mol. The Balaban J connectivity index is 1.74. The highest BCUT2D eigenvalue weighted by molar-refractivity contribution is 6.03. The Morgan fingerprint density at radius 1 is 1.24 bits per heavy atom. The van der Waals surface area contributed by atoms with Gasteiger partial charge in [-0.3, -0.25) is 14.4 Å². The molecule has 2 bridgehead atoms. The quantitative estimate of drug-likeness (QED) is 0.275. The Bertz CT molecular complexity index is 692. The Morgan fingerprint density at radius 3 is 2.45 bits per heavy atom. The van der Waals surface area contributed by atoms with Gasteiger partial charge in [-0.1, -0.05) is 27.7 Å². The van der Waals surface area contributed by atoms with E-state index in [-0.39, 0.29) is 23.2 Å². The number of methoxy groups -OCH3 is 1. The smallest absolute Gasteiger partial charge is 0.326 e. The van der Waals surface area contributed by atoms with E-state index in [0.717, 1.165) is 0 Å². The van der Waals surface area contributed by atoms with Gasteiger partial charge in [-0.2, -0.15) is 0 Å². The molecule has 7 nitrogen and oxygen atoms in total. The molecule has 1 aliphatic heterocycles. The summed E-state index contributed by atoms with van der Waals surface area (Å²) < 4.78 is 22.3. The zero-order valence-electron chi connectivity index (χ0n) is 18.6. The maximum atomic E-state index is 13.1. The Kier molecular flexibility index (Phi) is 5.52. The van der Waals surface area contributed by atoms with E-state index in [9.17, 15) is 14.4 Å². The van der Waals surface area contributed by atoms with Crippen molar-refractivity contribution in [2.24, 2.45) is 28.1 Å². The minimum absolute atomic E-state index is 0.0794. The lowest BCUT2D eigenvalue weighted by atomic mass is 9.73. The molecule has 6 unspecified atom stereocenters. The zero-order valence-corrected chi connectivity index (χ0v) is 18.6. The van der Waals surface area contributed by atoms with Crippen molar-refractivity contribution in [2.75, 3.05) is 7.11 Å². The first-order valence-corrected chi connectivity index (χ1v) is 10.5. The predicted octanol–water partition coefficient (Wildman–Crippen LogP) is 3.24. The zero-order chi connectivity index (χ0) is 21.8. The second-order valence-corrected chi connectivity index (χ2v) is 10.6. The van der Waals surface area contributed by atoms with Crippen molar-refractivity contribution >= 4 is 17.9 Å². The second-order valence-electron chi connectivity index (χ2n) is 10.6. The molecule has 0 N–H and O–H groups in total. The maximum Gasteiger partial charge on any atom is 0.326 e. The molecule has 3 fully saturated rings. The van der Waals surface area contributed by atoms with Crippen molar-refractivity contribution in [3.8, 4) is 0 Å². The van der Waals surface area contributed by atoms with Crippen LogP contribution in [0.15, 0.2) is 0 Å². The molecular weight excluding hydrogens is 376 g/mol.